The molecule has 8 nitrogen and oxygen atoms in total. The van der Waals surface area contributed by atoms with Crippen molar-refractivity contribution in [2.24, 2.45) is 5.73 Å². The van der Waals surface area contributed by atoms with Crippen LogP contribution in [0.1, 0.15) is 42.6 Å². The quantitative estimate of drug-likeness (QED) is 0.672. The summed E-state index contributed by atoms with van der Waals surface area (Å²) in [6.45, 7) is 2.05. The summed E-state index contributed by atoms with van der Waals surface area (Å²) in [5.74, 6) is -3.62. The number of amides is 1. The van der Waals surface area contributed by atoms with Crippen LogP contribution in [-0.4, -0.2) is 46.7 Å². The highest BCUT2D eigenvalue weighted by Gasteiger charge is 2.33. The van der Waals surface area contributed by atoms with Crippen molar-refractivity contribution in [3.63, 3.8) is 0 Å². The van der Waals surface area contributed by atoms with E-state index in [1.54, 1.807) is 6.92 Å². The van der Waals surface area contributed by atoms with Crippen LogP contribution in [0.2, 0.25) is 0 Å². The van der Waals surface area contributed by atoms with Gasteiger partial charge >= 0.3 is 5.97 Å². The molecule has 4 N–H and O–H groups in total. The summed E-state index contributed by atoms with van der Waals surface area (Å²) in [5, 5.41) is 11.8. The monoisotopic (exact) mass is 420 g/mol. The predicted molar refractivity (Wildman–Crippen MR) is 106 cm³/mol. The zero-order valence-electron chi connectivity index (χ0n) is 16.3. The van der Waals surface area contributed by atoms with Crippen molar-refractivity contribution in [1.29, 1.82) is 0 Å². The SMILES string of the molecule is CC(N)C(=O)NC1CCN(c2c(F)cc3c(=O)c(C(=O)O)cn(C4CC4)c3c2F)C1. The van der Waals surface area contributed by atoms with Crippen molar-refractivity contribution in [1.82, 2.24) is 9.88 Å². The van der Waals surface area contributed by atoms with Gasteiger partial charge in [-0.3, -0.25) is 9.59 Å². The third kappa shape index (κ3) is 3.41. The van der Waals surface area contributed by atoms with Crippen LogP contribution in [-0.2, 0) is 4.79 Å². The number of hydrogen-bond donors (Lipinski definition) is 3. The van der Waals surface area contributed by atoms with Crippen molar-refractivity contribution in [2.45, 2.75) is 44.3 Å². The number of carbonyl (C=O) groups excluding carboxylic acids is 1. The van der Waals surface area contributed by atoms with Crippen LogP contribution in [0.3, 0.4) is 0 Å². The molecule has 2 unspecified atom stereocenters. The topological polar surface area (TPSA) is 118 Å². The largest absolute Gasteiger partial charge is 0.477 e. The molecule has 10 heteroatoms. The van der Waals surface area contributed by atoms with Crippen molar-refractivity contribution in [3.8, 4) is 0 Å². The van der Waals surface area contributed by atoms with E-state index in [0.717, 1.165) is 25.1 Å². The average Bonchev–Trinajstić information content (AvgIpc) is 3.42. The molecule has 1 aromatic heterocycles. The second-order valence-corrected chi connectivity index (χ2v) is 7.96. The number of hydrogen-bond acceptors (Lipinski definition) is 5. The van der Waals surface area contributed by atoms with Gasteiger partial charge in [0, 0.05) is 31.4 Å². The number of nitrogens with one attached hydrogen (secondary N) is 1. The lowest BCUT2D eigenvalue weighted by Crippen LogP contribution is -2.45. The molecule has 1 aliphatic heterocycles. The molecule has 160 valence electrons. The zero-order valence-corrected chi connectivity index (χ0v) is 16.3. The van der Waals surface area contributed by atoms with Crippen molar-refractivity contribution >= 4 is 28.5 Å². The minimum Gasteiger partial charge on any atom is -0.477 e. The highest BCUT2D eigenvalue weighted by Crippen LogP contribution is 2.40. The summed E-state index contributed by atoms with van der Waals surface area (Å²) in [6.07, 6.45) is 3.07. The maximum atomic E-state index is 15.6. The Labute approximate surface area is 170 Å². The normalized spacial score (nSPS) is 19.9. The van der Waals surface area contributed by atoms with Crippen LogP contribution >= 0.6 is 0 Å². The van der Waals surface area contributed by atoms with Crippen molar-refractivity contribution in [2.75, 3.05) is 18.0 Å². The number of benzene rings is 1. The number of aromatic nitrogens is 1. The minimum absolute atomic E-state index is 0.0908. The second-order valence-electron chi connectivity index (χ2n) is 7.96. The molecule has 1 aliphatic carbocycles. The summed E-state index contributed by atoms with van der Waals surface area (Å²) in [7, 11) is 0. The van der Waals surface area contributed by atoms with E-state index >= 15 is 4.39 Å². The molecule has 4 rings (SSSR count). The van der Waals surface area contributed by atoms with Gasteiger partial charge in [-0.1, -0.05) is 0 Å². The van der Waals surface area contributed by atoms with Crippen LogP contribution in [0.15, 0.2) is 17.1 Å². The van der Waals surface area contributed by atoms with Gasteiger partial charge in [0.2, 0.25) is 11.3 Å². The maximum absolute atomic E-state index is 15.6. The number of nitrogens with zero attached hydrogens (tertiary/aromatic N) is 2. The molecule has 1 saturated heterocycles. The Morgan fingerprint density at radius 3 is 2.60 bits per heavy atom. The first-order valence-electron chi connectivity index (χ1n) is 9.80. The number of rotatable bonds is 5. The molecule has 30 heavy (non-hydrogen) atoms. The summed E-state index contributed by atoms with van der Waals surface area (Å²) >= 11 is 0. The van der Waals surface area contributed by atoms with E-state index in [9.17, 15) is 23.9 Å². The van der Waals surface area contributed by atoms with Crippen LogP contribution in [0.5, 0.6) is 0 Å². The smallest absolute Gasteiger partial charge is 0.341 e. The molecular formula is C20H22F2N4O4. The maximum Gasteiger partial charge on any atom is 0.341 e. The molecule has 1 amide bonds. The lowest BCUT2D eigenvalue weighted by Gasteiger charge is -2.23. The number of nitrogens with two attached hydrogens (primary N) is 1. The van der Waals surface area contributed by atoms with E-state index < -0.39 is 34.6 Å². The number of carboxylic acids is 1. The molecule has 0 radical (unpaired) electrons. The van der Waals surface area contributed by atoms with E-state index in [1.165, 1.54) is 9.47 Å². The summed E-state index contributed by atoms with van der Waals surface area (Å²) in [6, 6.07) is -0.215. The van der Waals surface area contributed by atoms with Gasteiger partial charge in [-0.15, -0.1) is 0 Å². The average molecular weight is 420 g/mol. The third-order valence-corrected chi connectivity index (χ3v) is 5.62. The standard InChI is InChI=1S/C20H22F2N4O4/c1-9(23)19(28)24-10-4-5-25(7-10)17-14(21)6-12-16(15(17)22)26(11-2-3-11)8-13(18(12)27)20(29)30/h6,8-11H,2-5,7,23H2,1H3,(H,24,28)(H,29,30). The van der Waals surface area contributed by atoms with Gasteiger partial charge in [-0.25, -0.2) is 13.6 Å². The second kappa shape index (κ2) is 7.35. The van der Waals surface area contributed by atoms with Crippen LogP contribution in [0.4, 0.5) is 14.5 Å². The Morgan fingerprint density at radius 2 is 2.00 bits per heavy atom. The van der Waals surface area contributed by atoms with Gasteiger partial charge in [0.05, 0.1) is 16.9 Å². The molecule has 1 saturated carbocycles. The summed E-state index contributed by atoms with van der Waals surface area (Å²) in [5.41, 5.74) is 3.75. The van der Waals surface area contributed by atoms with E-state index in [2.05, 4.69) is 5.32 Å². The van der Waals surface area contributed by atoms with Gasteiger partial charge in [-0.2, -0.15) is 0 Å². The fourth-order valence-corrected chi connectivity index (χ4v) is 3.93. The van der Waals surface area contributed by atoms with Crippen LogP contribution < -0.4 is 21.4 Å². The molecule has 2 aliphatic rings. The van der Waals surface area contributed by atoms with Gasteiger partial charge < -0.3 is 25.6 Å². The molecule has 1 aromatic carbocycles. The third-order valence-electron chi connectivity index (χ3n) is 5.62. The molecule has 2 aromatic rings. The van der Waals surface area contributed by atoms with Crippen LogP contribution in [0.25, 0.3) is 10.9 Å². The Kier molecular flexibility index (Phi) is 4.97. The summed E-state index contributed by atoms with van der Waals surface area (Å²) < 4.78 is 31.9. The number of pyridine rings is 1. The number of anilines is 1. The molecule has 0 bridgehead atoms. The Bertz CT molecular complexity index is 1110. The minimum atomic E-state index is -1.44. The molecule has 2 heterocycles. The first kappa shape index (κ1) is 20.3. The predicted octanol–water partition coefficient (Wildman–Crippen LogP) is 1.35. The molecule has 2 atom stereocenters. The van der Waals surface area contributed by atoms with Gasteiger partial charge in [-0.05, 0) is 32.3 Å². The zero-order chi connectivity index (χ0) is 21.7. The molecule has 0 spiro atoms. The number of carboxylic acid groups (broad SMARTS) is 1. The van der Waals surface area contributed by atoms with Gasteiger partial charge in [0.25, 0.3) is 0 Å². The highest BCUT2D eigenvalue weighted by molar-refractivity contribution is 5.94. The lowest BCUT2D eigenvalue weighted by atomic mass is 10.1. The fourth-order valence-electron chi connectivity index (χ4n) is 3.93. The van der Waals surface area contributed by atoms with E-state index in [0.29, 0.717) is 13.0 Å². The van der Waals surface area contributed by atoms with Crippen molar-refractivity contribution < 1.29 is 23.5 Å². The number of fused-ring (bicyclic) bond motifs is 1. The van der Waals surface area contributed by atoms with Crippen molar-refractivity contribution in [3.05, 3.63) is 39.7 Å². The number of aromatic carboxylic acids is 1. The highest BCUT2D eigenvalue weighted by atomic mass is 19.1. The van der Waals surface area contributed by atoms with E-state index in [4.69, 9.17) is 5.73 Å². The Hall–Kier alpha value is -3.01. The Morgan fingerprint density at radius 1 is 1.30 bits per heavy atom. The van der Waals surface area contributed by atoms with Crippen LogP contribution in [0, 0.1) is 11.6 Å². The Balaban J connectivity index is 1.78. The number of halogens is 2. The molecular weight excluding hydrogens is 398 g/mol. The lowest BCUT2D eigenvalue weighted by molar-refractivity contribution is -0.122. The van der Waals surface area contributed by atoms with E-state index in [1.807, 2.05) is 0 Å². The first-order chi connectivity index (χ1) is 14.2. The molecule has 2 fully saturated rings. The van der Waals surface area contributed by atoms with E-state index in [-0.39, 0.29) is 41.1 Å². The van der Waals surface area contributed by atoms with Gasteiger partial charge in [0.1, 0.15) is 17.1 Å². The van der Waals surface area contributed by atoms with Gasteiger partial charge in [0.15, 0.2) is 5.82 Å². The summed E-state index contributed by atoms with van der Waals surface area (Å²) in [4.78, 5) is 37.3. The number of carbonyl (C=O) groups is 2. The fraction of sp³-hybridized carbons (Fsp3) is 0.450. The first-order valence-corrected chi connectivity index (χ1v) is 9.80.